The van der Waals surface area contributed by atoms with Crippen LogP contribution < -0.4 is 0 Å². The van der Waals surface area contributed by atoms with E-state index in [9.17, 15) is 4.57 Å². The Bertz CT molecular complexity index is 113. The minimum Gasteiger partial charge on any atom is -0.133 e. The molecule has 1 N–H and O–H groups in total. The van der Waals surface area contributed by atoms with E-state index in [2.05, 4.69) is 20.5 Å². The van der Waals surface area contributed by atoms with Gasteiger partial charge < -0.3 is 0 Å². The Morgan fingerprint density at radius 2 is 2.40 bits per heavy atom. The maximum atomic E-state index is 9.98. The molecule has 0 aromatic carbocycles. The van der Waals surface area contributed by atoms with Crippen LogP contribution in [0.25, 0.3) is 0 Å². The molecule has 3 nitrogen and oxygen atoms in total. The molecule has 0 aromatic heterocycles. The fraction of sp³-hybridized carbons (Fsp3) is 1.00. The molecule has 0 fully saturated rings. The summed E-state index contributed by atoms with van der Waals surface area (Å²) >= 11 is 8.61. The third-order valence-electron chi connectivity index (χ3n) is 0.788. The Balaban J connectivity index is 3.21. The molecule has 0 aliphatic carbocycles. The standard InChI is InChI=1S/C4H7BrClO3P/c5-4(1-2-6)3-9-10(7)8/h4H,1-3H2/p+1. The van der Waals surface area contributed by atoms with E-state index in [0.717, 1.165) is 6.42 Å². The van der Waals surface area contributed by atoms with E-state index in [4.69, 9.17) is 16.5 Å². The summed E-state index contributed by atoms with van der Waals surface area (Å²) in [5, 5.41) is 0. The molecular formula is C4H8BrClO3P+. The monoisotopic (exact) mass is 249 g/mol. The predicted octanol–water partition coefficient (Wildman–Crippen LogP) is 2.05. The van der Waals surface area contributed by atoms with E-state index in [1.165, 1.54) is 0 Å². The predicted molar refractivity (Wildman–Crippen MR) is 43.8 cm³/mol. The molecule has 6 heteroatoms. The van der Waals surface area contributed by atoms with Gasteiger partial charge in [0, 0.05) is 15.3 Å². The van der Waals surface area contributed by atoms with Gasteiger partial charge in [0.25, 0.3) is 0 Å². The highest BCUT2D eigenvalue weighted by molar-refractivity contribution is 9.09. The second kappa shape index (κ2) is 6.50. The molecule has 0 aromatic rings. The van der Waals surface area contributed by atoms with Crippen molar-refractivity contribution in [2.75, 3.05) is 12.5 Å². The minimum absolute atomic E-state index is 0.0658. The molecule has 0 saturated carbocycles. The smallest absolute Gasteiger partial charge is 0.133 e. The molecule has 0 spiro atoms. The summed E-state index contributed by atoms with van der Waals surface area (Å²) in [6.45, 7) is 0.221. The van der Waals surface area contributed by atoms with Gasteiger partial charge in [-0.1, -0.05) is 15.9 Å². The number of hydrogen-bond donors (Lipinski definition) is 1. The summed E-state index contributed by atoms with van der Waals surface area (Å²) in [6, 6.07) is 0. The first kappa shape index (κ1) is 10.8. The quantitative estimate of drug-likeness (QED) is 0.600. The number of hydrogen-bond acceptors (Lipinski definition) is 2. The first-order chi connectivity index (χ1) is 4.66. The molecule has 0 rings (SSSR count). The van der Waals surface area contributed by atoms with E-state index in [-0.39, 0.29) is 11.4 Å². The first-order valence-electron chi connectivity index (χ1n) is 2.66. The van der Waals surface area contributed by atoms with Crippen LogP contribution in [0.4, 0.5) is 0 Å². The molecule has 60 valence electrons. The summed E-state index contributed by atoms with van der Waals surface area (Å²) < 4.78 is 14.4. The highest BCUT2D eigenvalue weighted by Gasteiger charge is 2.15. The SMILES string of the molecule is O=[P+](O)OCC(Br)CCCl. The van der Waals surface area contributed by atoms with Gasteiger partial charge in [-0.3, -0.25) is 0 Å². The van der Waals surface area contributed by atoms with Crippen LogP contribution in [0.15, 0.2) is 0 Å². The van der Waals surface area contributed by atoms with Crippen LogP contribution in [-0.2, 0) is 9.09 Å². The molecule has 0 aliphatic heterocycles. The van der Waals surface area contributed by atoms with Gasteiger partial charge in [-0.15, -0.1) is 21.0 Å². The molecule has 2 atom stereocenters. The molecule has 2 unspecified atom stereocenters. The molecular weight excluding hydrogens is 242 g/mol. The van der Waals surface area contributed by atoms with Crippen LogP contribution in [0.2, 0.25) is 0 Å². The van der Waals surface area contributed by atoms with Gasteiger partial charge in [0.1, 0.15) is 6.61 Å². The Morgan fingerprint density at radius 1 is 1.80 bits per heavy atom. The third kappa shape index (κ3) is 6.90. The third-order valence-corrected chi connectivity index (χ3v) is 2.10. The van der Waals surface area contributed by atoms with E-state index < -0.39 is 8.25 Å². The number of rotatable bonds is 5. The summed E-state index contributed by atoms with van der Waals surface area (Å²) in [4.78, 5) is 8.27. The Hall–Kier alpha value is 0.790. The molecule has 0 radical (unpaired) electrons. The topological polar surface area (TPSA) is 46.5 Å². The molecule has 0 amide bonds. The van der Waals surface area contributed by atoms with Crippen molar-refractivity contribution in [2.45, 2.75) is 11.2 Å². The Kier molecular flexibility index (Phi) is 7.01. The van der Waals surface area contributed by atoms with Crippen molar-refractivity contribution in [1.82, 2.24) is 0 Å². The Morgan fingerprint density at radius 3 is 2.80 bits per heavy atom. The lowest BCUT2D eigenvalue weighted by atomic mass is 10.4. The molecule has 10 heavy (non-hydrogen) atoms. The number of alkyl halides is 2. The van der Waals surface area contributed by atoms with Crippen LogP contribution in [0.3, 0.4) is 0 Å². The van der Waals surface area contributed by atoms with Crippen molar-refractivity contribution in [3.63, 3.8) is 0 Å². The zero-order valence-electron chi connectivity index (χ0n) is 5.17. The Labute approximate surface area is 73.8 Å². The van der Waals surface area contributed by atoms with E-state index >= 15 is 0 Å². The van der Waals surface area contributed by atoms with Crippen LogP contribution in [0.1, 0.15) is 6.42 Å². The van der Waals surface area contributed by atoms with Gasteiger partial charge in [0.15, 0.2) is 0 Å². The van der Waals surface area contributed by atoms with Crippen LogP contribution in [0.5, 0.6) is 0 Å². The van der Waals surface area contributed by atoms with Crippen molar-refractivity contribution < 1.29 is 14.0 Å². The minimum atomic E-state index is -2.47. The van der Waals surface area contributed by atoms with Gasteiger partial charge >= 0.3 is 8.25 Å². The van der Waals surface area contributed by atoms with Crippen LogP contribution in [-0.4, -0.2) is 22.2 Å². The molecule has 0 bridgehead atoms. The summed E-state index contributed by atoms with van der Waals surface area (Å²) in [6.07, 6.45) is 0.727. The van der Waals surface area contributed by atoms with Gasteiger partial charge in [0.05, 0.1) is 0 Å². The van der Waals surface area contributed by atoms with Gasteiger partial charge in [-0.25, -0.2) is 0 Å². The first-order valence-corrected chi connectivity index (χ1v) is 5.24. The zero-order chi connectivity index (χ0) is 7.98. The van der Waals surface area contributed by atoms with Crippen molar-refractivity contribution >= 4 is 35.8 Å². The fourth-order valence-electron chi connectivity index (χ4n) is 0.346. The number of halogens is 2. The molecule has 0 saturated heterocycles. The summed E-state index contributed by atoms with van der Waals surface area (Å²) in [7, 11) is -2.47. The lowest BCUT2D eigenvalue weighted by Crippen LogP contribution is -2.05. The van der Waals surface area contributed by atoms with E-state index in [1.807, 2.05) is 0 Å². The van der Waals surface area contributed by atoms with Crippen molar-refractivity contribution in [2.24, 2.45) is 0 Å². The normalized spacial score (nSPS) is 14.9. The second-order valence-corrected chi connectivity index (χ2v) is 4.02. The summed E-state index contributed by atoms with van der Waals surface area (Å²) in [5.74, 6) is 0.515. The average Bonchev–Trinajstić information content (AvgIpc) is 1.85. The lowest BCUT2D eigenvalue weighted by Gasteiger charge is -1.99. The van der Waals surface area contributed by atoms with Crippen LogP contribution in [0, 0.1) is 0 Å². The van der Waals surface area contributed by atoms with Crippen molar-refractivity contribution in [3.8, 4) is 0 Å². The van der Waals surface area contributed by atoms with E-state index in [1.54, 1.807) is 0 Å². The van der Waals surface area contributed by atoms with Gasteiger partial charge in [-0.2, -0.15) is 0 Å². The largest absolute Gasteiger partial charge is 0.694 e. The van der Waals surface area contributed by atoms with Crippen molar-refractivity contribution in [1.29, 1.82) is 0 Å². The van der Waals surface area contributed by atoms with Gasteiger partial charge in [-0.05, 0) is 6.42 Å². The van der Waals surface area contributed by atoms with Crippen molar-refractivity contribution in [3.05, 3.63) is 0 Å². The highest BCUT2D eigenvalue weighted by atomic mass is 79.9. The van der Waals surface area contributed by atoms with Gasteiger partial charge in [0.2, 0.25) is 0 Å². The molecule has 0 heterocycles. The average molecular weight is 250 g/mol. The van der Waals surface area contributed by atoms with Crippen LogP contribution >= 0.6 is 35.8 Å². The maximum Gasteiger partial charge on any atom is 0.694 e. The highest BCUT2D eigenvalue weighted by Crippen LogP contribution is 2.17. The zero-order valence-corrected chi connectivity index (χ0v) is 8.40. The lowest BCUT2D eigenvalue weighted by molar-refractivity contribution is 0.282. The fourth-order valence-corrected chi connectivity index (χ4v) is 1.75. The second-order valence-electron chi connectivity index (χ2n) is 1.61. The summed E-state index contributed by atoms with van der Waals surface area (Å²) in [5.41, 5.74) is 0. The van der Waals surface area contributed by atoms with E-state index in [0.29, 0.717) is 5.88 Å². The maximum absolute atomic E-state index is 9.98. The molecule has 0 aliphatic rings.